The molecule has 1 unspecified atom stereocenters. The van der Waals surface area contributed by atoms with Crippen LogP contribution >= 0.6 is 0 Å². The van der Waals surface area contributed by atoms with Crippen LogP contribution in [0.4, 0.5) is 0 Å². The number of aryl methyl sites for hydroxylation is 2. The van der Waals surface area contributed by atoms with Crippen LogP contribution in [0.1, 0.15) is 36.8 Å². The molecular formula is C15H21N. The monoisotopic (exact) mass is 215 g/mol. The normalized spacial score (nSPS) is 12.1. The van der Waals surface area contributed by atoms with E-state index < -0.39 is 0 Å². The summed E-state index contributed by atoms with van der Waals surface area (Å²) in [5, 5.41) is 0. The second-order valence-electron chi connectivity index (χ2n) is 4.38. The number of unbranched alkanes of at least 4 members (excludes halogenated alkanes) is 1. The average molecular weight is 215 g/mol. The Hall–Kier alpha value is -1.26. The van der Waals surface area contributed by atoms with Gasteiger partial charge in [0.25, 0.3) is 0 Å². The molecule has 0 heterocycles. The minimum Gasteiger partial charge on any atom is -0.328 e. The molecule has 86 valence electrons. The summed E-state index contributed by atoms with van der Waals surface area (Å²) in [5.74, 6) is 2.65. The van der Waals surface area contributed by atoms with Crippen molar-refractivity contribution in [2.24, 2.45) is 5.73 Å². The van der Waals surface area contributed by atoms with Gasteiger partial charge in [-0.1, -0.05) is 29.8 Å². The molecule has 0 aromatic heterocycles. The lowest BCUT2D eigenvalue weighted by atomic mass is 10.0. The smallest absolute Gasteiger partial charge is 0.00866 e. The molecule has 0 saturated heterocycles. The second kappa shape index (κ2) is 7.09. The highest BCUT2D eigenvalue weighted by atomic mass is 14.6. The SMILES string of the molecule is C#CCCCC(N)CCc1ccc(C)cc1. The van der Waals surface area contributed by atoms with Crippen molar-refractivity contribution < 1.29 is 0 Å². The van der Waals surface area contributed by atoms with Crippen molar-refractivity contribution in [2.75, 3.05) is 0 Å². The minimum absolute atomic E-state index is 0.287. The van der Waals surface area contributed by atoms with E-state index in [4.69, 9.17) is 12.2 Å². The summed E-state index contributed by atoms with van der Waals surface area (Å²) in [6.45, 7) is 2.11. The maximum absolute atomic E-state index is 6.02. The van der Waals surface area contributed by atoms with Crippen molar-refractivity contribution in [3.63, 3.8) is 0 Å². The topological polar surface area (TPSA) is 26.0 Å². The Morgan fingerprint density at radius 1 is 1.25 bits per heavy atom. The second-order valence-corrected chi connectivity index (χ2v) is 4.38. The highest BCUT2D eigenvalue weighted by Crippen LogP contribution is 2.09. The molecule has 0 aliphatic heterocycles. The van der Waals surface area contributed by atoms with Gasteiger partial charge in [0, 0.05) is 12.5 Å². The van der Waals surface area contributed by atoms with Crippen LogP contribution in [0.3, 0.4) is 0 Å². The molecule has 1 nitrogen and oxygen atoms in total. The lowest BCUT2D eigenvalue weighted by Crippen LogP contribution is -2.20. The summed E-state index contributed by atoms with van der Waals surface area (Å²) in [5.41, 5.74) is 8.70. The van der Waals surface area contributed by atoms with Gasteiger partial charge in [-0.25, -0.2) is 0 Å². The molecule has 0 aliphatic carbocycles. The van der Waals surface area contributed by atoms with Gasteiger partial charge in [-0.2, -0.15) is 0 Å². The lowest BCUT2D eigenvalue weighted by molar-refractivity contribution is 0.551. The Morgan fingerprint density at radius 2 is 1.94 bits per heavy atom. The fourth-order valence-electron chi connectivity index (χ4n) is 1.72. The molecule has 2 N–H and O–H groups in total. The van der Waals surface area contributed by atoms with Crippen molar-refractivity contribution in [2.45, 2.75) is 45.1 Å². The predicted molar refractivity (Wildman–Crippen MR) is 70.2 cm³/mol. The van der Waals surface area contributed by atoms with E-state index in [9.17, 15) is 0 Å². The van der Waals surface area contributed by atoms with Crippen molar-refractivity contribution in [1.82, 2.24) is 0 Å². The van der Waals surface area contributed by atoms with E-state index in [0.717, 1.165) is 32.1 Å². The molecule has 0 radical (unpaired) electrons. The van der Waals surface area contributed by atoms with Crippen LogP contribution in [-0.4, -0.2) is 6.04 Å². The van der Waals surface area contributed by atoms with Crippen LogP contribution in [0.15, 0.2) is 24.3 Å². The maximum Gasteiger partial charge on any atom is 0.00866 e. The van der Waals surface area contributed by atoms with E-state index in [1.807, 2.05) is 0 Å². The van der Waals surface area contributed by atoms with Gasteiger partial charge in [0.15, 0.2) is 0 Å². The molecule has 1 atom stereocenters. The number of hydrogen-bond acceptors (Lipinski definition) is 1. The lowest BCUT2D eigenvalue weighted by Gasteiger charge is -2.10. The first kappa shape index (κ1) is 12.8. The quantitative estimate of drug-likeness (QED) is 0.573. The first-order chi connectivity index (χ1) is 7.72. The molecular weight excluding hydrogens is 194 g/mol. The Kier molecular flexibility index (Phi) is 5.67. The standard InChI is InChI=1S/C15H21N/c1-3-4-5-6-15(16)12-11-14-9-7-13(2)8-10-14/h1,7-10,15H,4-6,11-12,16H2,2H3. The van der Waals surface area contributed by atoms with Gasteiger partial charge in [-0.3, -0.25) is 0 Å². The van der Waals surface area contributed by atoms with Crippen LogP contribution < -0.4 is 5.73 Å². The van der Waals surface area contributed by atoms with Gasteiger partial charge in [0.2, 0.25) is 0 Å². The molecule has 0 aliphatic rings. The largest absolute Gasteiger partial charge is 0.328 e. The third-order valence-electron chi connectivity index (χ3n) is 2.82. The first-order valence-corrected chi connectivity index (χ1v) is 5.97. The number of terminal acetylenes is 1. The highest BCUT2D eigenvalue weighted by molar-refractivity contribution is 5.21. The molecule has 16 heavy (non-hydrogen) atoms. The fraction of sp³-hybridized carbons (Fsp3) is 0.467. The van der Waals surface area contributed by atoms with Crippen molar-refractivity contribution >= 4 is 0 Å². The summed E-state index contributed by atoms with van der Waals surface area (Å²) in [6.07, 6.45) is 10.2. The molecule has 0 bridgehead atoms. The molecule has 1 heteroatoms. The number of benzene rings is 1. The predicted octanol–water partition coefficient (Wildman–Crippen LogP) is 3.06. The molecule has 1 rings (SSSR count). The van der Waals surface area contributed by atoms with E-state index in [2.05, 4.69) is 37.1 Å². The first-order valence-electron chi connectivity index (χ1n) is 5.97. The van der Waals surface area contributed by atoms with E-state index in [0.29, 0.717) is 0 Å². The number of rotatable bonds is 6. The van der Waals surface area contributed by atoms with Crippen LogP contribution in [0.5, 0.6) is 0 Å². The Morgan fingerprint density at radius 3 is 2.56 bits per heavy atom. The zero-order valence-corrected chi connectivity index (χ0v) is 10.1. The fourth-order valence-corrected chi connectivity index (χ4v) is 1.72. The Labute approximate surface area is 99.1 Å². The Bertz CT molecular complexity index is 331. The van der Waals surface area contributed by atoms with Crippen LogP contribution in [-0.2, 0) is 6.42 Å². The van der Waals surface area contributed by atoms with E-state index in [1.54, 1.807) is 0 Å². The molecule has 0 spiro atoms. The average Bonchev–Trinajstić information content (AvgIpc) is 2.29. The number of hydrogen-bond donors (Lipinski definition) is 1. The third kappa shape index (κ3) is 5.00. The molecule has 0 saturated carbocycles. The molecule has 1 aromatic carbocycles. The van der Waals surface area contributed by atoms with Gasteiger partial charge >= 0.3 is 0 Å². The van der Waals surface area contributed by atoms with Crippen molar-refractivity contribution in [3.8, 4) is 12.3 Å². The number of nitrogens with two attached hydrogens (primary N) is 1. The van der Waals surface area contributed by atoms with Gasteiger partial charge in [-0.15, -0.1) is 12.3 Å². The summed E-state index contributed by atoms with van der Waals surface area (Å²) in [7, 11) is 0. The minimum atomic E-state index is 0.287. The summed E-state index contributed by atoms with van der Waals surface area (Å²) in [4.78, 5) is 0. The van der Waals surface area contributed by atoms with Gasteiger partial charge in [0.1, 0.15) is 0 Å². The van der Waals surface area contributed by atoms with E-state index in [-0.39, 0.29) is 6.04 Å². The molecule has 1 aromatic rings. The zero-order valence-electron chi connectivity index (χ0n) is 10.1. The molecule has 0 fully saturated rings. The van der Waals surface area contributed by atoms with Gasteiger partial charge in [0.05, 0.1) is 0 Å². The van der Waals surface area contributed by atoms with Crippen LogP contribution in [0.2, 0.25) is 0 Å². The summed E-state index contributed by atoms with van der Waals surface area (Å²) in [6, 6.07) is 8.96. The Balaban J connectivity index is 2.23. The van der Waals surface area contributed by atoms with Crippen molar-refractivity contribution in [1.29, 1.82) is 0 Å². The third-order valence-corrected chi connectivity index (χ3v) is 2.82. The highest BCUT2D eigenvalue weighted by Gasteiger charge is 2.02. The van der Waals surface area contributed by atoms with Crippen molar-refractivity contribution in [3.05, 3.63) is 35.4 Å². The summed E-state index contributed by atoms with van der Waals surface area (Å²) < 4.78 is 0. The van der Waals surface area contributed by atoms with Crippen LogP contribution in [0.25, 0.3) is 0 Å². The molecule has 0 amide bonds. The van der Waals surface area contributed by atoms with Gasteiger partial charge in [-0.05, 0) is 38.2 Å². The zero-order chi connectivity index (χ0) is 11.8. The summed E-state index contributed by atoms with van der Waals surface area (Å²) >= 11 is 0. The maximum atomic E-state index is 6.02. The van der Waals surface area contributed by atoms with Gasteiger partial charge < -0.3 is 5.73 Å². The van der Waals surface area contributed by atoms with Crippen LogP contribution in [0, 0.1) is 19.3 Å². The van der Waals surface area contributed by atoms with E-state index >= 15 is 0 Å². The van der Waals surface area contributed by atoms with E-state index in [1.165, 1.54) is 11.1 Å².